The van der Waals surface area contributed by atoms with Gasteiger partial charge in [0.1, 0.15) is 12.7 Å². The molecule has 2 aromatic rings. The monoisotopic (exact) mass is 523 g/mol. The van der Waals surface area contributed by atoms with Crippen molar-refractivity contribution in [2.45, 2.75) is 76.4 Å². The van der Waals surface area contributed by atoms with Gasteiger partial charge in [0.05, 0.1) is 24.5 Å². The minimum absolute atomic E-state index is 0.0498. The number of cyclic esters (lactones) is 2. The fourth-order valence-corrected chi connectivity index (χ4v) is 6.43. The van der Waals surface area contributed by atoms with E-state index < -0.39 is 50.5 Å². The van der Waals surface area contributed by atoms with E-state index in [1.807, 2.05) is 67.6 Å². The topological polar surface area (TPSA) is 82.1 Å². The fraction of sp³-hybridized carbons (Fsp3) is 0.483. The predicted molar refractivity (Wildman–Crippen MR) is 142 cm³/mol. The minimum atomic E-state index is -2.19. The molecule has 2 aliphatic rings. The van der Waals surface area contributed by atoms with E-state index in [1.54, 1.807) is 0 Å². The number of imide groups is 1. The number of esters is 1. The zero-order chi connectivity index (χ0) is 27.0. The first-order valence-corrected chi connectivity index (χ1v) is 15.8. The van der Waals surface area contributed by atoms with Gasteiger partial charge in [-0.05, 0) is 36.2 Å². The van der Waals surface area contributed by atoms with E-state index in [9.17, 15) is 14.4 Å². The zero-order valence-corrected chi connectivity index (χ0v) is 23.5. The molecule has 0 aliphatic carbocycles. The summed E-state index contributed by atoms with van der Waals surface area (Å²) in [6.45, 7) is 12.6. The first kappa shape index (κ1) is 27.1. The number of hydrogen-bond acceptors (Lipinski definition) is 6. The van der Waals surface area contributed by atoms with E-state index in [0.29, 0.717) is 0 Å². The highest BCUT2D eigenvalue weighted by Gasteiger charge is 2.52. The van der Waals surface area contributed by atoms with Crippen LogP contribution >= 0.6 is 0 Å². The van der Waals surface area contributed by atoms with Gasteiger partial charge < -0.3 is 13.9 Å². The van der Waals surface area contributed by atoms with E-state index in [-0.39, 0.29) is 24.0 Å². The van der Waals surface area contributed by atoms with Crippen LogP contribution in [0.2, 0.25) is 18.1 Å². The summed E-state index contributed by atoms with van der Waals surface area (Å²) in [4.78, 5) is 40.7. The van der Waals surface area contributed by atoms with Gasteiger partial charge in [-0.3, -0.25) is 9.59 Å². The SMILES string of the molecule is C[C@@H](O[Si](C)(C)C(C)(C)C)[C@H]1OC(=O)C[C@@H]1C(=O)N1C(=O)OC[C@H]1C(c1ccccc1)c1ccccc1. The van der Waals surface area contributed by atoms with Gasteiger partial charge in [-0.25, -0.2) is 9.69 Å². The lowest BCUT2D eigenvalue weighted by atomic mass is 9.84. The molecule has 0 aromatic heterocycles. The van der Waals surface area contributed by atoms with Crippen molar-refractivity contribution in [3.8, 4) is 0 Å². The van der Waals surface area contributed by atoms with Crippen LogP contribution in [0.3, 0.4) is 0 Å². The minimum Gasteiger partial charge on any atom is -0.459 e. The first-order chi connectivity index (χ1) is 17.4. The smallest absolute Gasteiger partial charge is 0.417 e. The second kappa shape index (κ2) is 10.4. The van der Waals surface area contributed by atoms with Crippen molar-refractivity contribution in [2.24, 2.45) is 5.92 Å². The standard InChI is InChI=1S/C29H37NO6Si/c1-19(36-37(5,6)29(2,3)4)26-22(17-24(31)35-26)27(32)30-23(18-34-28(30)33)25(20-13-9-7-10-14-20)21-15-11-8-12-16-21/h7-16,19,22-23,25-26H,17-18H2,1-6H3/t19-,22+,23+,26-/m1/s1. The quantitative estimate of drug-likeness (QED) is 0.352. The largest absolute Gasteiger partial charge is 0.459 e. The van der Waals surface area contributed by atoms with Gasteiger partial charge in [-0.15, -0.1) is 0 Å². The molecule has 0 spiro atoms. The molecular formula is C29H37NO6Si. The molecule has 2 heterocycles. The second-order valence-corrected chi connectivity index (χ2v) is 16.3. The Morgan fingerprint density at radius 1 is 1.00 bits per heavy atom. The Bertz CT molecular complexity index is 1090. The summed E-state index contributed by atoms with van der Waals surface area (Å²) in [7, 11) is -2.19. The molecular weight excluding hydrogens is 486 g/mol. The van der Waals surface area contributed by atoms with Crippen molar-refractivity contribution in [1.29, 1.82) is 0 Å². The third-order valence-electron chi connectivity index (χ3n) is 7.96. The molecule has 0 saturated carbocycles. The molecule has 2 aliphatic heterocycles. The van der Waals surface area contributed by atoms with Gasteiger partial charge in [-0.1, -0.05) is 81.4 Å². The van der Waals surface area contributed by atoms with Crippen LogP contribution in [0.4, 0.5) is 4.79 Å². The van der Waals surface area contributed by atoms with Gasteiger partial charge in [-0.2, -0.15) is 0 Å². The van der Waals surface area contributed by atoms with Crippen molar-refractivity contribution in [3.05, 3.63) is 71.8 Å². The molecule has 4 atom stereocenters. The van der Waals surface area contributed by atoms with Crippen LogP contribution in [0.25, 0.3) is 0 Å². The predicted octanol–water partition coefficient (Wildman–Crippen LogP) is 5.51. The van der Waals surface area contributed by atoms with Gasteiger partial charge in [0.2, 0.25) is 5.91 Å². The number of carbonyl (C=O) groups is 3. The number of benzene rings is 2. The molecule has 0 bridgehead atoms. The Kier molecular flexibility index (Phi) is 7.62. The van der Waals surface area contributed by atoms with Crippen molar-refractivity contribution < 1.29 is 28.3 Å². The van der Waals surface area contributed by atoms with E-state index in [4.69, 9.17) is 13.9 Å². The van der Waals surface area contributed by atoms with Crippen LogP contribution in [0.1, 0.15) is 51.2 Å². The molecule has 2 amide bonds. The number of rotatable bonds is 7. The van der Waals surface area contributed by atoms with E-state index >= 15 is 0 Å². The van der Waals surface area contributed by atoms with Gasteiger partial charge in [0, 0.05) is 5.92 Å². The van der Waals surface area contributed by atoms with Crippen LogP contribution in [0.5, 0.6) is 0 Å². The van der Waals surface area contributed by atoms with Crippen LogP contribution in [0, 0.1) is 5.92 Å². The third-order valence-corrected chi connectivity index (χ3v) is 12.5. The summed E-state index contributed by atoms with van der Waals surface area (Å²) in [6, 6.07) is 19.0. The van der Waals surface area contributed by atoms with Gasteiger partial charge in [0.25, 0.3) is 0 Å². The number of carbonyl (C=O) groups excluding carboxylic acids is 3. The van der Waals surface area contributed by atoms with Gasteiger partial charge in [0.15, 0.2) is 8.32 Å². The summed E-state index contributed by atoms with van der Waals surface area (Å²) < 4.78 is 17.6. The molecule has 198 valence electrons. The molecule has 0 unspecified atom stereocenters. The summed E-state index contributed by atoms with van der Waals surface area (Å²) in [5, 5.41) is -0.0498. The number of hydrogen-bond donors (Lipinski definition) is 0. The van der Waals surface area contributed by atoms with Gasteiger partial charge >= 0.3 is 12.1 Å². The Labute approximate surface area is 220 Å². The number of ether oxygens (including phenoxy) is 2. The molecule has 8 heteroatoms. The maximum atomic E-state index is 14.0. The molecule has 2 saturated heterocycles. The Morgan fingerprint density at radius 2 is 1.54 bits per heavy atom. The molecule has 2 aromatic carbocycles. The first-order valence-electron chi connectivity index (χ1n) is 12.9. The van der Waals surface area contributed by atoms with Crippen molar-refractivity contribution in [3.63, 3.8) is 0 Å². The van der Waals surface area contributed by atoms with Crippen LogP contribution in [-0.4, -0.2) is 56.0 Å². The zero-order valence-electron chi connectivity index (χ0n) is 22.5. The van der Waals surface area contributed by atoms with E-state index in [1.165, 1.54) is 4.90 Å². The molecule has 37 heavy (non-hydrogen) atoms. The Morgan fingerprint density at radius 3 is 2.05 bits per heavy atom. The molecule has 0 N–H and O–H groups in total. The highest BCUT2D eigenvalue weighted by atomic mass is 28.4. The summed E-state index contributed by atoms with van der Waals surface area (Å²) in [5.41, 5.74) is 1.94. The molecule has 0 radical (unpaired) electrons. The summed E-state index contributed by atoms with van der Waals surface area (Å²) in [5.74, 6) is -2.02. The maximum Gasteiger partial charge on any atom is 0.417 e. The fourth-order valence-electron chi connectivity index (χ4n) is 5.01. The lowest BCUT2D eigenvalue weighted by Crippen LogP contribution is -2.51. The van der Waals surface area contributed by atoms with Crippen LogP contribution in [0.15, 0.2) is 60.7 Å². The van der Waals surface area contributed by atoms with Crippen molar-refractivity contribution in [1.82, 2.24) is 4.90 Å². The number of nitrogens with zero attached hydrogens (tertiary/aromatic N) is 1. The third kappa shape index (κ3) is 5.50. The highest BCUT2D eigenvalue weighted by Crippen LogP contribution is 2.40. The van der Waals surface area contributed by atoms with Crippen molar-refractivity contribution >= 4 is 26.3 Å². The van der Waals surface area contributed by atoms with E-state index in [2.05, 4.69) is 33.9 Å². The maximum absolute atomic E-state index is 14.0. The average Bonchev–Trinajstić information content (AvgIpc) is 3.42. The second-order valence-electron chi connectivity index (χ2n) is 11.5. The average molecular weight is 524 g/mol. The number of amides is 2. The lowest BCUT2D eigenvalue weighted by Gasteiger charge is -2.40. The molecule has 2 fully saturated rings. The normalized spacial score (nSPS) is 23.2. The Hall–Kier alpha value is -2.97. The van der Waals surface area contributed by atoms with Crippen molar-refractivity contribution in [2.75, 3.05) is 6.61 Å². The summed E-state index contributed by atoms with van der Waals surface area (Å²) >= 11 is 0. The van der Waals surface area contributed by atoms with Crippen LogP contribution in [-0.2, 0) is 23.5 Å². The van der Waals surface area contributed by atoms with Crippen LogP contribution < -0.4 is 0 Å². The lowest BCUT2D eigenvalue weighted by molar-refractivity contribution is -0.146. The summed E-state index contributed by atoms with van der Waals surface area (Å²) in [6.07, 6.45) is -2.04. The highest BCUT2D eigenvalue weighted by molar-refractivity contribution is 6.74. The molecule has 7 nitrogen and oxygen atoms in total. The van der Waals surface area contributed by atoms with E-state index in [0.717, 1.165) is 11.1 Å². The Balaban J connectivity index is 1.65. The molecule has 4 rings (SSSR count).